The molecule has 0 spiro atoms. The summed E-state index contributed by atoms with van der Waals surface area (Å²) in [6.07, 6.45) is 4.60. The molecule has 4 rings (SSSR count). The zero-order valence-corrected chi connectivity index (χ0v) is 16.4. The van der Waals surface area contributed by atoms with Gasteiger partial charge in [-0.15, -0.1) is 0 Å². The van der Waals surface area contributed by atoms with Crippen LogP contribution in [0.3, 0.4) is 0 Å². The normalized spacial score (nSPS) is 22.9. The fourth-order valence-corrected chi connectivity index (χ4v) is 4.36. The monoisotopic (exact) mass is 392 g/mol. The Hall–Kier alpha value is -2.79. The van der Waals surface area contributed by atoms with Gasteiger partial charge >= 0.3 is 0 Å². The summed E-state index contributed by atoms with van der Waals surface area (Å²) in [7, 11) is 0. The Kier molecular flexibility index (Phi) is 5.33. The number of anilines is 1. The molecule has 29 heavy (non-hydrogen) atoms. The van der Waals surface area contributed by atoms with Crippen LogP contribution in [0.25, 0.3) is 10.9 Å². The molecular formula is C24H25FN2O2. The first-order valence-corrected chi connectivity index (χ1v) is 10.1. The molecule has 1 unspecified atom stereocenters. The highest BCUT2D eigenvalue weighted by Crippen LogP contribution is 2.43. The highest BCUT2D eigenvalue weighted by Gasteiger charge is 2.41. The standard InChI is InChI=1S/C24H25FN2O2/c1-16(23(28)27-19-8-6-18(25)7-9-19)24(29)13-10-17(11-14-24)20-12-15-26-22-5-3-2-4-21(20)22/h2-9,12,15-17,29H,10-11,13-14H2,1H3,(H,27,28)/t16?,17-,24-. The van der Waals surface area contributed by atoms with Gasteiger partial charge in [-0.05, 0) is 73.6 Å². The van der Waals surface area contributed by atoms with Gasteiger partial charge in [0, 0.05) is 17.3 Å². The van der Waals surface area contributed by atoms with E-state index in [9.17, 15) is 14.3 Å². The second kappa shape index (κ2) is 7.91. The van der Waals surface area contributed by atoms with Gasteiger partial charge in [0.15, 0.2) is 0 Å². The number of carbonyl (C=O) groups excluding carboxylic acids is 1. The zero-order chi connectivity index (χ0) is 20.4. The Morgan fingerprint density at radius 2 is 1.83 bits per heavy atom. The number of hydrogen-bond donors (Lipinski definition) is 2. The smallest absolute Gasteiger partial charge is 0.230 e. The van der Waals surface area contributed by atoms with Gasteiger partial charge in [-0.3, -0.25) is 9.78 Å². The number of nitrogens with one attached hydrogen (secondary N) is 1. The number of aromatic nitrogens is 1. The van der Waals surface area contributed by atoms with E-state index >= 15 is 0 Å². The molecule has 0 aliphatic heterocycles. The predicted molar refractivity (Wildman–Crippen MR) is 112 cm³/mol. The van der Waals surface area contributed by atoms with Crippen molar-refractivity contribution in [3.05, 3.63) is 72.2 Å². The van der Waals surface area contributed by atoms with Gasteiger partial charge in [0.2, 0.25) is 5.91 Å². The van der Waals surface area contributed by atoms with Crippen LogP contribution >= 0.6 is 0 Å². The van der Waals surface area contributed by atoms with E-state index in [1.54, 1.807) is 6.92 Å². The average molecular weight is 392 g/mol. The molecule has 5 heteroatoms. The van der Waals surface area contributed by atoms with Crippen LogP contribution < -0.4 is 5.32 Å². The van der Waals surface area contributed by atoms with Crippen LogP contribution in [0.1, 0.15) is 44.1 Å². The third kappa shape index (κ3) is 4.01. The highest BCUT2D eigenvalue weighted by atomic mass is 19.1. The minimum Gasteiger partial charge on any atom is -0.389 e. The predicted octanol–water partition coefficient (Wildman–Crippen LogP) is 5.04. The summed E-state index contributed by atoms with van der Waals surface area (Å²) in [5.41, 5.74) is 1.74. The van der Waals surface area contributed by atoms with E-state index < -0.39 is 11.5 Å². The zero-order valence-electron chi connectivity index (χ0n) is 16.4. The maximum atomic E-state index is 13.1. The summed E-state index contributed by atoms with van der Waals surface area (Å²) < 4.78 is 13.1. The highest BCUT2D eigenvalue weighted by molar-refractivity contribution is 5.93. The molecule has 150 valence electrons. The van der Waals surface area contributed by atoms with E-state index in [0.29, 0.717) is 24.4 Å². The number of aliphatic hydroxyl groups is 1. The Morgan fingerprint density at radius 1 is 1.14 bits per heavy atom. The van der Waals surface area contributed by atoms with Gasteiger partial charge in [-0.25, -0.2) is 4.39 Å². The number of rotatable bonds is 4. The Labute approximate surface area is 169 Å². The molecule has 1 aliphatic rings. The van der Waals surface area contributed by atoms with Crippen LogP contribution in [0, 0.1) is 11.7 Å². The molecule has 1 aliphatic carbocycles. The van der Waals surface area contributed by atoms with Crippen LogP contribution in [0.2, 0.25) is 0 Å². The van der Waals surface area contributed by atoms with E-state index in [-0.39, 0.29) is 11.7 Å². The molecule has 0 saturated heterocycles. The van der Waals surface area contributed by atoms with Crippen molar-refractivity contribution < 1.29 is 14.3 Å². The second-order valence-electron chi connectivity index (χ2n) is 8.01. The van der Waals surface area contributed by atoms with Crippen LogP contribution in [0.4, 0.5) is 10.1 Å². The van der Waals surface area contributed by atoms with Crippen molar-refractivity contribution in [2.24, 2.45) is 5.92 Å². The summed E-state index contributed by atoms with van der Waals surface area (Å²) in [5, 5.41) is 15.1. The van der Waals surface area contributed by atoms with Gasteiger partial charge in [0.25, 0.3) is 0 Å². The molecule has 2 aromatic carbocycles. The summed E-state index contributed by atoms with van der Waals surface area (Å²) in [6, 6.07) is 15.8. The van der Waals surface area contributed by atoms with Gasteiger partial charge in [0.1, 0.15) is 5.82 Å². The van der Waals surface area contributed by atoms with Crippen LogP contribution in [0.5, 0.6) is 0 Å². The maximum Gasteiger partial charge on any atom is 0.230 e. The number of carbonyl (C=O) groups is 1. The minimum atomic E-state index is -1.04. The van der Waals surface area contributed by atoms with E-state index in [0.717, 1.165) is 23.7 Å². The molecule has 0 radical (unpaired) electrons. The molecule has 2 N–H and O–H groups in total. The van der Waals surface area contributed by atoms with Gasteiger partial charge in [-0.2, -0.15) is 0 Å². The number of hydrogen-bond acceptors (Lipinski definition) is 3. The first-order valence-electron chi connectivity index (χ1n) is 10.1. The first kappa shape index (κ1) is 19.5. The number of benzene rings is 2. The van der Waals surface area contributed by atoms with Crippen molar-refractivity contribution >= 4 is 22.5 Å². The molecular weight excluding hydrogens is 367 g/mol. The van der Waals surface area contributed by atoms with Crippen LogP contribution in [-0.4, -0.2) is 21.6 Å². The summed E-state index contributed by atoms with van der Waals surface area (Å²) >= 11 is 0. The SMILES string of the molecule is CC(C(=O)Nc1ccc(F)cc1)[C@]1(O)CC[C@H](c2ccnc3ccccc32)CC1. The quantitative estimate of drug-likeness (QED) is 0.654. The number of pyridine rings is 1. The van der Waals surface area contributed by atoms with E-state index in [1.807, 2.05) is 24.4 Å². The van der Waals surface area contributed by atoms with Crippen molar-refractivity contribution in [2.45, 2.75) is 44.1 Å². The van der Waals surface area contributed by atoms with E-state index in [4.69, 9.17) is 0 Å². The molecule has 0 bridgehead atoms. The molecule has 4 nitrogen and oxygen atoms in total. The second-order valence-corrected chi connectivity index (χ2v) is 8.01. The fraction of sp³-hybridized carbons (Fsp3) is 0.333. The van der Waals surface area contributed by atoms with Gasteiger partial charge in [-0.1, -0.05) is 25.1 Å². The molecule has 1 fully saturated rings. The van der Waals surface area contributed by atoms with Crippen molar-refractivity contribution in [3.8, 4) is 0 Å². The van der Waals surface area contributed by atoms with Crippen molar-refractivity contribution in [1.82, 2.24) is 4.98 Å². The number of amides is 1. The molecule has 1 saturated carbocycles. The molecule has 1 atom stereocenters. The summed E-state index contributed by atoms with van der Waals surface area (Å²) in [5.74, 6) is -0.804. The fourth-order valence-electron chi connectivity index (χ4n) is 4.36. The van der Waals surface area contributed by atoms with Crippen molar-refractivity contribution in [2.75, 3.05) is 5.32 Å². The van der Waals surface area contributed by atoms with Gasteiger partial charge < -0.3 is 10.4 Å². The lowest BCUT2D eigenvalue weighted by Crippen LogP contribution is -2.45. The van der Waals surface area contributed by atoms with Crippen LogP contribution in [0.15, 0.2) is 60.8 Å². The Balaban J connectivity index is 1.44. The third-order valence-corrected chi connectivity index (χ3v) is 6.29. The third-order valence-electron chi connectivity index (χ3n) is 6.29. The lowest BCUT2D eigenvalue weighted by Gasteiger charge is -2.40. The number of fused-ring (bicyclic) bond motifs is 1. The summed E-state index contributed by atoms with van der Waals surface area (Å²) in [6.45, 7) is 1.76. The molecule has 1 amide bonds. The largest absolute Gasteiger partial charge is 0.389 e. The van der Waals surface area contributed by atoms with Crippen LogP contribution in [-0.2, 0) is 4.79 Å². The molecule has 1 aromatic heterocycles. The molecule has 3 aromatic rings. The van der Waals surface area contributed by atoms with Crippen molar-refractivity contribution in [3.63, 3.8) is 0 Å². The molecule has 1 heterocycles. The first-order chi connectivity index (χ1) is 14.0. The Morgan fingerprint density at radius 3 is 2.55 bits per heavy atom. The lowest BCUT2D eigenvalue weighted by molar-refractivity contribution is -0.131. The van der Waals surface area contributed by atoms with E-state index in [2.05, 4.69) is 22.4 Å². The topological polar surface area (TPSA) is 62.2 Å². The van der Waals surface area contributed by atoms with E-state index in [1.165, 1.54) is 29.8 Å². The summed E-state index contributed by atoms with van der Waals surface area (Å²) in [4.78, 5) is 17.1. The maximum absolute atomic E-state index is 13.1. The van der Waals surface area contributed by atoms with Crippen molar-refractivity contribution in [1.29, 1.82) is 0 Å². The minimum absolute atomic E-state index is 0.244. The average Bonchev–Trinajstić information content (AvgIpc) is 2.75. The number of para-hydroxylation sites is 1. The lowest BCUT2D eigenvalue weighted by atomic mass is 9.70. The number of halogens is 1. The van der Waals surface area contributed by atoms with Gasteiger partial charge in [0.05, 0.1) is 17.0 Å². The Bertz CT molecular complexity index is 1010. The number of nitrogens with zero attached hydrogens (tertiary/aromatic N) is 1.